The molecule has 0 spiro atoms. The van der Waals surface area contributed by atoms with E-state index in [0.717, 1.165) is 12.8 Å². The molecule has 112 valence electrons. The lowest BCUT2D eigenvalue weighted by atomic mass is 9.84. The van der Waals surface area contributed by atoms with Crippen LogP contribution in [0.3, 0.4) is 0 Å². The molecule has 2 rings (SSSR count). The highest BCUT2D eigenvalue weighted by molar-refractivity contribution is 5.96. The van der Waals surface area contributed by atoms with Crippen LogP contribution in [0.2, 0.25) is 0 Å². The van der Waals surface area contributed by atoms with Crippen molar-refractivity contribution in [2.24, 2.45) is 5.41 Å². The molecule has 3 nitrogen and oxygen atoms in total. The molecule has 1 aliphatic heterocycles. The average Bonchev–Trinajstić information content (AvgIpc) is 2.43. The Morgan fingerprint density at radius 3 is 2.90 bits per heavy atom. The topological polar surface area (TPSA) is 40.5 Å². The van der Waals surface area contributed by atoms with Gasteiger partial charge in [-0.25, -0.2) is 4.39 Å². The van der Waals surface area contributed by atoms with E-state index >= 15 is 0 Å². The molecule has 0 aliphatic carbocycles. The molecule has 0 aromatic heterocycles. The molecule has 0 unspecified atom stereocenters. The summed E-state index contributed by atoms with van der Waals surface area (Å²) in [6.07, 6.45) is 2.06. The van der Waals surface area contributed by atoms with Crippen LogP contribution in [-0.4, -0.2) is 35.6 Å². The van der Waals surface area contributed by atoms with Crippen LogP contribution in [0.5, 0.6) is 0 Å². The average molecular weight is 289 g/mol. The number of aliphatic hydroxyl groups excluding tert-OH is 1. The maximum Gasteiger partial charge on any atom is 0.255 e. The van der Waals surface area contributed by atoms with Gasteiger partial charge in [-0.05, 0) is 36.5 Å². The Morgan fingerprint density at radius 2 is 2.24 bits per heavy atom. The first-order valence-corrected chi connectivity index (χ1v) is 7.11. The molecule has 1 heterocycles. The van der Waals surface area contributed by atoms with Gasteiger partial charge in [-0.2, -0.15) is 0 Å². The van der Waals surface area contributed by atoms with Crippen LogP contribution in [-0.2, 0) is 0 Å². The van der Waals surface area contributed by atoms with Crippen molar-refractivity contribution in [3.63, 3.8) is 0 Å². The third-order valence-electron chi connectivity index (χ3n) is 3.70. The minimum Gasteiger partial charge on any atom is -0.384 e. The molecule has 1 aromatic rings. The molecule has 1 amide bonds. The summed E-state index contributed by atoms with van der Waals surface area (Å²) in [5.41, 5.74) is 0.831. The van der Waals surface area contributed by atoms with Gasteiger partial charge in [0, 0.05) is 18.7 Å². The lowest BCUT2D eigenvalue weighted by Crippen LogP contribution is -2.43. The zero-order valence-corrected chi connectivity index (χ0v) is 12.4. The zero-order chi connectivity index (χ0) is 15.5. The van der Waals surface area contributed by atoms with Crippen LogP contribution in [0.15, 0.2) is 18.2 Å². The van der Waals surface area contributed by atoms with E-state index < -0.39 is 5.82 Å². The van der Waals surface area contributed by atoms with Crippen molar-refractivity contribution in [3.8, 4) is 11.8 Å². The summed E-state index contributed by atoms with van der Waals surface area (Å²) in [6.45, 7) is 5.37. The second-order valence-electron chi connectivity index (χ2n) is 6.14. The molecule has 1 aromatic carbocycles. The van der Waals surface area contributed by atoms with Gasteiger partial charge in [0.05, 0.1) is 5.56 Å². The van der Waals surface area contributed by atoms with Gasteiger partial charge in [0.2, 0.25) is 0 Å². The monoisotopic (exact) mass is 289 g/mol. The molecule has 0 bridgehead atoms. The number of rotatable bonds is 1. The number of carbonyl (C=O) groups is 1. The molecule has 1 saturated heterocycles. The van der Waals surface area contributed by atoms with Crippen molar-refractivity contribution < 1.29 is 14.3 Å². The van der Waals surface area contributed by atoms with Gasteiger partial charge in [0.15, 0.2) is 0 Å². The largest absolute Gasteiger partial charge is 0.384 e. The number of carbonyl (C=O) groups excluding carboxylic acids is 1. The second kappa shape index (κ2) is 6.28. The minimum absolute atomic E-state index is 0.102. The normalized spacial score (nSPS) is 17.0. The van der Waals surface area contributed by atoms with E-state index in [-0.39, 0.29) is 17.9 Å². The fourth-order valence-corrected chi connectivity index (χ4v) is 2.71. The minimum atomic E-state index is -0.437. The van der Waals surface area contributed by atoms with Gasteiger partial charge < -0.3 is 10.0 Å². The SMILES string of the molecule is CC1(C)CCCN(C(=O)c2ccc(F)cc2C#CCO)C1. The van der Waals surface area contributed by atoms with E-state index in [1.807, 2.05) is 0 Å². The molecular weight excluding hydrogens is 269 g/mol. The Bertz CT molecular complexity index is 599. The maximum atomic E-state index is 13.3. The van der Waals surface area contributed by atoms with Crippen molar-refractivity contribution in [2.45, 2.75) is 26.7 Å². The molecule has 21 heavy (non-hydrogen) atoms. The first-order chi connectivity index (χ1) is 9.93. The summed E-state index contributed by atoms with van der Waals surface area (Å²) in [4.78, 5) is 14.5. The van der Waals surface area contributed by atoms with Crippen LogP contribution >= 0.6 is 0 Å². The highest BCUT2D eigenvalue weighted by Crippen LogP contribution is 2.29. The Labute approximate surface area is 124 Å². The number of benzene rings is 1. The Morgan fingerprint density at radius 1 is 1.48 bits per heavy atom. The van der Waals surface area contributed by atoms with Crippen molar-refractivity contribution in [2.75, 3.05) is 19.7 Å². The lowest BCUT2D eigenvalue weighted by molar-refractivity contribution is 0.0583. The highest BCUT2D eigenvalue weighted by Gasteiger charge is 2.30. The predicted molar refractivity (Wildman–Crippen MR) is 79.3 cm³/mol. The number of hydrogen-bond donors (Lipinski definition) is 1. The number of hydrogen-bond acceptors (Lipinski definition) is 2. The zero-order valence-electron chi connectivity index (χ0n) is 12.4. The van der Waals surface area contributed by atoms with E-state index in [1.54, 1.807) is 4.90 Å². The van der Waals surface area contributed by atoms with Gasteiger partial charge in [-0.3, -0.25) is 4.79 Å². The van der Waals surface area contributed by atoms with Gasteiger partial charge >= 0.3 is 0 Å². The van der Waals surface area contributed by atoms with E-state index in [1.165, 1.54) is 18.2 Å². The number of nitrogens with zero attached hydrogens (tertiary/aromatic N) is 1. The summed E-state index contributed by atoms with van der Waals surface area (Å²) in [6, 6.07) is 3.98. The van der Waals surface area contributed by atoms with Crippen LogP contribution in [0.4, 0.5) is 4.39 Å². The molecule has 0 atom stereocenters. The standard InChI is InChI=1S/C17H20FNO2/c1-17(2)8-4-9-19(12-17)16(21)15-7-6-14(18)11-13(15)5-3-10-20/h6-7,11,20H,4,8-10,12H2,1-2H3. The summed E-state index contributed by atoms with van der Waals surface area (Å²) in [5, 5.41) is 8.78. The van der Waals surface area contributed by atoms with E-state index in [4.69, 9.17) is 5.11 Å². The Balaban J connectivity index is 2.30. The Hall–Kier alpha value is -1.86. The highest BCUT2D eigenvalue weighted by atomic mass is 19.1. The van der Waals surface area contributed by atoms with Gasteiger partial charge in [0.25, 0.3) is 5.91 Å². The summed E-state index contributed by atoms with van der Waals surface area (Å²) < 4.78 is 13.3. The van der Waals surface area contributed by atoms with Crippen LogP contribution in [0, 0.1) is 23.1 Å². The number of likely N-dealkylation sites (tertiary alicyclic amines) is 1. The first-order valence-electron chi connectivity index (χ1n) is 7.11. The second-order valence-corrected chi connectivity index (χ2v) is 6.14. The van der Waals surface area contributed by atoms with E-state index in [9.17, 15) is 9.18 Å². The summed E-state index contributed by atoms with van der Waals surface area (Å²) in [5.74, 6) is 4.57. The molecule has 1 aliphatic rings. The first kappa shape index (κ1) is 15.5. The quantitative estimate of drug-likeness (QED) is 0.807. The summed E-state index contributed by atoms with van der Waals surface area (Å²) >= 11 is 0. The summed E-state index contributed by atoms with van der Waals surface area (Å²) in [7, 11) is 0. The van der Waals surface area contributed by atoms with E-state index in [2.05, 4.69) is 25.7 Å². The number of piperidine rings is 1. The van der Waals surface area contributed by atoms with Crippen LogP contribution in [0.25, 0.3) is 0 Å². The smallest absolute Gasteiger partial charge is 0.255 e. The van der Waals surface area contributed by atoms with E-state index in [0.29, 0.717) is 24.2 Å². The van der Waals surface area contributed by atoms with Crippen molar-refractivity contribution in [1.29, 1.82) is 0 Å². The third-order valence-corrected chi connectivity index (χ3v) is 3.70. The molecule has 0 radical (unpaired) electrons. The molecular formula is C17H20FNO2. The van der Waals surface area contributed by atoms with Crippen LogP contribution < -0.4 is 0 Å². The molecule has 1 N–H and O–H groups in total. The molecule has 1 fully saturated rings. The third kappa shape index (κ3) is 3.83. The number of aliphatic hydroxyl groups is 1. The van der Waals surface area contributed by atoms with Gasteiger partial charge in [0.1, 0.15) is 12.4 Å². The maximum absolute atomic E-state index is 13.3. The van der Waals surface area contributed by atoms with Gasteiger partial charge in [-0.1, -0.05) is 25.7 Å². The van der Waals surface area contributed by atoms with Gasteiger partial charge in [-0.15, -0.1) is 0 Å². The molecule has 0 saturated carbocycles. The fraction of sp³-hybridized carbons (Fsp3) is 0.471. The lowest BCUT2D eigenvalue weighted by Gasteiger charge is -2.38. The molecule has 4 heteroatoms. The van der Waals surface area contributed by atoms with Crippen molar-refractivity contribution >= 4 is 5.91 Å². The number of halogens is 1. The van der Waals surface area contributed by atoms with Crippen molar-refractivity contribution in [1.82, 2.24) is 4.90 Å². The number of amides is 1. The Kier molecular flexibility index (Phi) is 4.64. The predicted octanol–water partition coefficient (Wildman–Crippen LogP) is 2.43. The van der Waals surface area contributed by atoms with Crippen LogP contribution in [0.1, 0.15) is 42.6 Å². The van der Waals surface area contributed by atoms with Crippen molar-refractivity contribution in [3.05, 3.63) is 35.1 Å². The fourth-order valence-electron chi connectivity index (χ4n) is 2.71.